The number of piperidine rings is 1. The Labute approximate surface area is 182 Å². The van der Waals surface area contributed by atoms with Gasteiger partial charge in [-0.2, -0.15) is 0 Å². The Morgan fingerprint density at radius 3 is 2.58 bits per heavy atom. The first-order chi connectivity index (χ1) is 15.0. The molecule has 2 bridgehead atoms. The molecule has 2 atom stereocenters. The van der Waals surface area contributed by atoms with Crippen LogP contribution >= 0.6 is 0 Å². The number of phenols is 1. The van der Waals surface area contributed by atoms with Crippen LogP contribution in [0.4, 0.5) is 5.69 Å². The second kappa shape index (κ2) is 7.82. The molecular formula is C26H26N2O3. The summed E-state index contributed by atoms with van der Waals surface area (Å²) in [4.78, 5) is 13.1. The van der Waals surface area contributed by atoms with Gasteiger partial charge in [-0.3, -0.25) is 15.0 Å². The van der Waals surface area contributed by atoms with Crippen LogP contribution in [0.15, 0.2) is 72.8 Å². The van der Waals surface area contributed by atoms with E-state index >= 15 is 0 Å². The Morgan fingerprint density at radius 1 is 1.06 bits per heavy atom. The molecule has 1 aliphatic carbocycles. The van der Waals surface area contributed by atoms with Crippen LogP contribution in [0.1, 0.15) is 35.1 Å². The van der Waals surface area contributed by atoms with Gasteiger partial charge in [-0.1, -0.05) is 48.5 Å². The quantitative estimate of drug-likeness (QED) is 0.479. The Kier molecular flexibility index (Phi) is 4.98. The molecule has 158 valence electrons. The highest BCUT2D eigenvalue weighted by atomic mass is 16.6. The standard InChI is InChI=1S/C26H26N2O3/c29-24-11-8-20-16-23-18-26(25(20)17-24,21-4-2-1-3-5-21)13-15-27(23)14-12-19-6-9-22(10-7-19)28(30)31/h1-11,17,23,29H,12-16,18H2. The molecule has 0 aromatic heterocycles. The lowest BCUT2D eigenvalue weighted by Gasteiger charge is -2.52. The number of nitrogens with zero attached hydrogens (tertiary/aromatic N) is 2. The van der Waals surface area contributed by atoms with Crippen molar-refractivity contribution < 1.29 is 10.0 Å². The topological polar surface area (TPSA) is 66.6 Å². The summed E-state index contributed by atoms with van der Waals surface area (Å²) in [6, 6.07) is 24.0. The van der Waals surface area contributed by atoms with Crippen LogP contribution in [0.3, 0.4) is 0 Å². The third-order valence-corrected chi connectivity index (χ3v) is 7.15. The molecule has 0 saturated carbocycles. The largest absolute Gasteiger partial charge is 0.508 e. The number of rotatable bonds is 5. The highest BCUT2D eigenvalue weighted by Gasteiger charge is 2.46. The van der Waals surface area contributed by atoms with Crippen molar-refractivity contribution in [1.29, 1.82) is 0 Å². The fourth-order valence-electron chi connectivity index (χ4n) is 5.56. The molecule has 0 radical (unpaired) electrons. The van der Waals surface area contributed by atoms with Gasteiger partial charge in [0, 0.05) is 30.1 Å². The van der Waals surface area contributed by atoms with Crippen molar-refractivity contribution in [1.82, 2.24) is 4.90 Å². The zero-order valence-corrected chi connectivity index (χ0v) is 17.4. The number of hydrogen-bond donors (Lipinski definition) is 1. The minimum Gasteiger partial charge on any atom is -0.508 e. The molecular weight excluding hydrogens is 388 g/mol. The van der Waals surface area contributed by atoms with Crippen molar-refractivity contribution in [2.75, 3.05) is 13.1 Å². The number of fused-ring (bicyclic) bond motifs is 4. The maximum Gasteiger partial charge on any atom is 0.269 e. The number of non-ortho nitro benzene ring substituents is 1. The molecule has 3 aromatic carbocycles. The van der Waals surface area contributed by atoms with Crippen LogP contribution in [0.25, 0.3) is 0 Å². The average molecular weight is 415 g/mol. The van der Waals surface area contributed by atoms with E-state index < -0.39 is 0 Å². The van der Waals surface area contributed by atoms with Gasteiger partial charge in [-0.25, -0.2) is 0 Å². The fourth-order valence-corrected chi connectivity index (χ4v) is 5.56. The number of phenolic OH excluding ortho intramolecular Hbond substituents is 1. The van der Waals surface area contributed by atoms with Crippen molar-refractivity contribution in [2.45, 2.75) is 37.1 Å². The maximum atomic E-state index is 10.9. The normalized spacial score (nSPS) is 22.6. The Morgan fingerprint density at radius 2 is 1.84 bits per heavy atom. The molecule has 2 unspecified atom stereocenters. The summed E-state index contributed by atoms with van der Waals surface area (Å²) in [7, 11) is 0. The lowest BCUT2D eigenvalue weighted by atomic mass is 9.60. The third-order valence-electron chi connectivity index (χ3n) is 7.15. The molecule has 3 aromatic rings. The molecule has 5 rings (SSSR count). The van der Waals surface area contributed by atoms with Crippen LogP contribution < -0.4 is 0 Å². The highest BCUT2D eigenvalue weighted by Crippen LogP contribution is 2.49. The molecule has 0 spiro atoms. The van der Waals surface area contributed by atoms with Gasteiger partial charge < -0.3 is 5.11 Å². The van der Waals surface area contributed by atoms with Gasteiger partial charge in [-0.15, -0.1) is 0 Å². The lowest BCUT2D eigenvalue weighted by Crippen LogP contribution is -2.54. The lowest BCUT2D eigenvalue weighted by molar-refractivity contribution is -0.384. The molecule has 5 nitrogen and oxygen atoms in total. The molecule has 1 heterocycles. The second-order valence-corrected chi connectivity index (χ2v) is 8.81. The second-order valence-electron chi connectivity index (χ2n) is 8.81. The minimum atomic E-state index is -0.352. The number of nitro benzene ring substituents is 1. The smallest absolute Gasteiger partial charge is 0.269 e. The average Bonchev–Trinajstić information content (AvgIpc) is 2.80. The third kappa shape index (κ3) is 3.59. The molecule has 1 saturated heterocycles. The van der Waals surface area contributed by atoms with Crippen molar-refractivity contribution in [3.8, 4) is 5.75 Å². The van der Waals surface area contributed by atoms with Gasteiger partial charge >= 0.3 is 0 Å². The van der Waals surface area contributed by atoms with Gasteiger partial charge in [0.15, 0.2) is 0 Å². The monoisotopic (exact) mass is 414 g/mol. The summed E-state index contributed by atoms with van der Waals surface area (Å²) in [5, 5.41) is 21.1. The zero-order chi connectivity index (χ0) is 21.4. The van der Waals surface area contributed by atoms with E-state index in [1.807, 2.05) is 18.2 Å². The Hall–Kier alpha value is -3.18. The van der Waals surface area contributed by atoms with E-state index in [2.05, 4.69) is 41.3 Å². The summed E-state index contributed by atoms with van der Waals surface area (Å²) < 4.78 is 0. The fraction of sp³-hybridized carbons (Fsp3) is 0.308. The van der Waals surface area contributed by atoms with Crippen molar-refractivity contribution in [3.63, 3.8) is 0 Å². The molecule has 1 fully saturated rings. The first kappa shape index (κ1) is 19.8. The first-order valence-electron chi connectivity index (χ1n) is 10.9. The SMILES string of the molecule is O=[N+]([O-])c1ccc(CCN2CCC3(c4ccccc4)CC2Cc2ccc(O)cc23)cc1. The predicted octanol–water partition coefficient (Wildman–Crippen LogP) is 4.85. The molecule has 1 N–H and O–H groups in total. The molecule has 1 aliphatic heterocycles. The van der Waals surface area contributed by atoms with Crippen molar-refractivity contribution in [3.05, 3.63) is 105 Å². The molecule has 5 heteroatoms. The number of benzene rings is 3. The van der Waals surface area contributed by atoms with Crippen LogP contribution in [0, 0.1) is 10.1 Å². The van der Waals surface area contributed by atoms with Gasteiger partial charge in [0.2, 0.25) is 0 Å². The number of likely N-dealkylation sites (tertiary alicyclic amines) is 1. The summed E-state index contributed by atoms with van der Waals surface area (Å²) in [5.41, 5.74) is 5.17. The van der Waals surface area contributed by atoms with Gasteiger partial charge in [-0.05, 0) is 66.6 Å². The van der Waals surface area contributed by atoms with E-state index in [0.717, 1.165) is 44.3 Å². The minimum absolute atomic E-state index is 0.0535. The molecule has 0 amide bonds. The Bertz CT molecular complexity index is 1100. The van der Waals surface area contributed by atoms with Gasteiger partial charge in [0.25, 0.3) is 5.69 Å². The van der Waals surface area contributed by atoms with Crippen LogP contribution in [-0.4, -0.2) is 34.1 Å². The van der Waals surface area contributed by atoms with E-state index in [0.29, 0.717) is 11.8 Å². The van der Waals surface area contributed by atoms with Crippen molar-refractivity contribution >= 4 is 5.69 Å². The van der Waals surface area contributed by atoms with Crippen LogP contribution in [0.5, 0.6) is 5.75 Å². The highest BCUT2D eigenvalue weighted by molar-refractivity contribution is 5.50. The summed E-state index contributed by atoms with van der Waals surface area (Å²) in [6.45, 7) is 1.95. The van der Waals surface area contributed by atoms with Gasteiger partial charge in [0.05, 0.1) is 4.92 Å². The summed E-state index contributed by atoms with van der Waals surface area (Å²) >= 11 is 0. The Balaban J connectivity index is 1.40. The summed E-state index contributed by atoms with van der Waals surface area (Å²) in [5.74, 6) is 0.341. The summed E-state index contributed by atoms with van der Waals surface area (Å²) in [6.07, 6.45) is 3.94. The van der Waals surface area contributed by atoms with Gasteiger partial charge in [0.1, 0.15) is 5.75 Å². The van der Waals surface area contributed by atoms with E-state index in [4.69, 9.17) is 0 Å². The van der Waals surface area contributed by atoms with E-state index in [1.165, 1.54) is 16.7 Å². The van der Waals surface area contributed by atoms with E-state index in [1.54, 1.807) is 18.2 Å². The van der Waals surface area contributed by atoms with Crippen molar-refractivity contribution in [2.24, 2.45) is 0 Å². The van der Waals surface area contributed by atoms with Crippen LogP contribution in [-0.2, 0) is 18.3 Å². The molecule has 31 heavy (non-hydrogen) atoms. The maximum absolute atomic E-state index is 10.9. The number of aromatic hydroxyl groups is 1. The van der Waals surface area contributed by atoms with E-state index in [9.17, 15) is 15.2 Å². The van der Waals surface area contributed by atoms with Crippen LogP contribution in [0.2, 0.25) is 0 Å². The number of hydrogen-bond acceptors (Lipinski definition) is 4. The number of nitro groups is 1. The molecule has 2 aliphatic rings. The van der Waals surface area contributed by atoms with E-state index in [-0.39, 0.29) is 16.0 Å². The first-order valence-corrected chi connectivity index (χ1v) is 10.9. The predicted molar refractivity (Wildman–Crippen MR) is 120 cm³/mol. The zero-order valence-electron chi connectivity index (χ0n) is 17.4.